The molecule has 0 atom stereocenters. The van der Waals surface area contributed by atoms with E-state index in [1.165, 1.54) is 12.1 Å². The van der Waals surface area contributed by atoms with Crippen LogP contribution in [0.3, 0.4) is 0 Å². The van der Waals surface area contributed by atoms with Gasteiger partial charge in [-0.05, 0) is 48.0 Å². The molecule has 0 bridgehead atoms. The number of likely N-dealkylation sites (tertiary alicyclic amines) is 1. The number of nitrogens with one attached hydrogen (secondary N) is 2. The van der Waals surface area contributed by atoms with Gasteiger partial charge in [-0.2, -0.15) is 5.10 Å². The molecule has 7 rings (SSSR count). The average Bonchev–Trinajstić information content (AvgIpc) is 3.63. The number of alkyl halides is 2. The maximum absolute atomic E-state index is 14.0. The second-order valence-corrected chi connectivity index (χ2v) is 10.1. The van der Waals surface area contributed by atoms with Crippen molar-refractivity contribution < 1.29 is 18.3 Å². The Morgan fingerprint density at radius 3 is 2.70 bits per heavy atom. The molecule has 40 heavy (non-hydrogen) atoms. The summed E-state index contributed by atoms with van der Waals surface area (Å²) in [6, 6.07) is 13.2. The minimum atomic E-state index is -2.65. The molecule has 0 spiro atoms. The number of H-pyrrole nitrogens is 2. The van der Waals surface area contributed by atoms with Crippen LogP contribution in [0.15, 0.2) is 67.1 Å². The highest BCUT2D eigenvalue weighted by Crippen LogP contribution is 2.34. The third-order valence-electron chi connectivity index (χ3n) is 7.11. The lowest BCUT2D eigenvalue weighted by Crippen LogP contribution is -2.24. The Hall–Kier alpha value is -4.77. The van der Waals surface area contributed by atoms with E-state index < -0.39 is 11.7 Å². The average molecular weight is 542 g/mol. The minimum Gasteiger partial charge on any atom is -0.508 e. The lowest BCUT2D eigenvalue weighted by Gasteiger charge is -2.15. The highest BCUT2D eigenvalue weighted by atomic mass is 19.3. The van der Waals surface area contributed by atoms with Crippen LogP contribution in [-0.4, -0.2) is 59.2 Å². The van der Waals surface area contributed by atoms with Crippen molar-refractivity contribution in [1.82, 2.24) is 35.0 Å². The molecular formula is C29H22F3N7O. The van der Waals surface area contributed by atoms with Gasteiger partial charge in [-0.3, -0.25) is 20.0 Å². The van der Waals surface area contributed by atoms with E-state index in [0.717, 1.165) is 33.6 Å². The standard InChI is InChI=1S/C29H22F3N7O/c30-19-8-17(9-20(40)10-19)26-21-11-25(35-23(21)3-5-34-26)28-27-24(37-38-28)2-1-22(36-27)18-7-16(12-33-13-18)14-39-6-4-29(31,32)15-39/h1-3,5,7-13,35,40H,4,6,14-15H2,(H,37,38). The number of hydrogen-bond acceptors (Lipinski definition) is 6. The fourth-order valence-corrected chi connectivity index (χ4v) is 5.28. The Labute approximate surface area is 225 Å². The summed E-state index contributed by atoms with van der Waals surface area (Å²) in [7, 11) is 0. The number of benzene rings is 1. The highest BCUT2D eigenvalue weighted by molar-refractivity contribution is 5.99. The number of aromatic hydroxyl groups is 1. The molecule has 1 aliphatic rings. The fourth-order valence-electron chi connectivity index (χ4n) is 5.28. The number of nitrogens with zero attached hydrogens (tertiary/aromatic N) is 5. The molecule has 1 fully saturated rings. The zero-order valence-corrected chi connectivity index (χ0v) is 21.0. The van der Waals surface area contributed by atoms with E-state index >= 15 is 0 Å². The number of phenols is 1. The van der Waals surface area contributed by atoms with E-state index in [9.17, 15) is 18.3 Å². The van der Waals surface area contributed by atoms with Crippen molar-refractivity contribution in [1.29, 1.82) is 0 Å². The predicted octanol–water partition coefficient (Wildman–Crippen LogP) is 5.92. The monoisotopic (exact) mass is 541 g/mol. The van der Waals surface area contributed by atoms with Crippen LogP contribution in [0.5, 0.6) is 5.75 Å². The molecule has 6 aromatic rings. The van der Waals surface area contributed by atoms with Crippen molar-refractivity contribution in [3.63, 3.8) is 0 Å². The maximum atomic E-state index is 14.0. The number of phenolic OH excluding ortho intramolecular Hbond substituents is 1. The van der Waals surface area contributed by atoms with Gasteiger partial charge < -0.3 is 10.1 Å². The lowest BCUT2D eigenvalue weighted by atomic mass is 10.1. The van der Waals surface area contributed by atoms with Gasteiger partial charge in [0.1, 0.15) is 22.8 Å². The van der Waals surface area contributed by atoms with E-state index in [2.05, 4.69) is 25.1 Å². The molecule has 5 aromatic heterocycles. The first kappa shape index (κ1) is 24.3. The molecule has 0 amide bonds. The van der Waals surface area contributed by atoms with Crippen molar-refractivity contribution in [2.45, 2.75) is 18.9 Å². The highest BCUT2D eigenvalue weighted by Gasteiger charge is 2.37. The topological polar surface area (TPSA) is 107 Å². The van der Waals surface area contributed by atoms with Crippen LogP contribution in [0.25, 0.3) is 55.8 Å². The molecule has 0 unspecified atom stereocenters. The molecule has 0 aliphatic carbocycles. The van der Waals surface area contributed by atoms with Crippen LogP contribution < -0.4 is 0 Å². The van der Waals surface area contributed by atoms with Crippen molar-refractivity contribution in [2.24, 2.45) is 0 Å². The van der Waals surface area contributed by atoms with Crippen molar-refractivity contribution in [3.05, 3.63) is 78.5 Å². The number of aromatic nitrogens is 6. The molecule has 1 aliphatic heterocycles. The minimum absolute atomic E-state index is 0.127. The SMILES string of the molecule is Oc1cc(F)cc(-c2nccc3[nH]c(-c4n[nH]c5ccc(-c6cncc(CN7CCC(F)(F)C7)c6)nc45)cc23)c1. The van der Waals surface area contributed by atoms with Crippen LogP contribution in [-0.2, 0) is 6.54 Å². The largest absolute Gasteiger partial charge is 0.508 e. The first-order valence-electron chi connectivity index (χ1n) is 12.7. The first-order valence-corrected chi connectivity index (χ1v) is 12.7. The predicted molar refractivity (Wildman–Crippen MR) is 144 cm³/mol. The third kappa shape index (κ3) is 4.43. The molecule has 6 heterocycles. The maximum Gasteiger partial charge on any atom is 0.261 e. The molecule has 0 radical (unpaired) electrons. The number of fused-ring (bicyclic) bond motifs is 2. The summed E-state index contributed by atoms with van der Waals surface area (Å²) >= 11 is 0. The summed E-state index contributed by atoms with van der Waals surface area (Å²) in [6.45, 7) is 0.494. The number of hydrogen-bond donors (Lipinski definition) is 3. The van der Waals surface area contributed by atoms with Crippen LogP contribution in [0.1, 0.15) is 12.0 Å². The van der Waals surface area contributed by atoms with Gasteiger partial charge >= 0.3 is 0 Å². The molecule has 8 nitrogen and oxygen atoms in total. The summed E-state index contributed by atoms with van der Waals surface area (Å²) in [6.07, 6.45) is 4.88. The molecule has 1 aromatic carbocycles. The van der Waals surface area contributed by atoms with Crippen LogP contribution in [0.2, 0.25) is 0 Å². The normalized spacial score (nSPS) is 15.4. The smallest absolute Gasteiger partial charge is 0.261 e. The Kier molecular flexibility index (Phi) is 5.56. The molecule has 11 heteroatoms. The Morgan fingerprint density at radius 2 is 1.88 bits per heavy atom. The van der Waals surface area contributed by atoms with E-state index in [4.69, 9.17) is 4.98 Å². The summed E-state index contributed by atoms with van der Waals surface area (Å²) in [5.41, 5.74) is 6.64. The first-order chi connectivity index (χ1) is 19.3. The van der Waals surface area contributed by atoms with Gasteiger partial charge in [-0.1, -0.05) is 0 Å². The molecule has 0 saturated carbocycles. The van der Waals surface area contributed by atoms with Crippen molar-refractivity contribution >= 4 is 21.9 Å². The van der Waals surface area contributed by atoms with Crippen LogP contribution >= 0.6 is 0 Å². The summed E-state index contributed by atoms with van der Waals surface area (Å²) in [5, 5.41) is 18.1. The number of aromatic amines is 2. The van der Waals surface area contributed by atoms with E-state index in [1.54, 1.807) is 23.5 Å². The molecule has 1 saturated heterocycles. The quantitative estimate of drug-likeness (QED) is 0.250. The molecule has 200 valence electrons. The van der Waals surface area contributed by atoms with Gasteiger partial charge in [-0.25, -0.2) is 18.2 Å². The lowest BCUT2D eigenvalue weighted by molar-refractivity contribution is 0.0115. The zero-order chi connectivity index (χ0) is 27.4. The number of halogens is 3. The van der Waals surface area contributed by atoms with Crippen LogP contribution in [0, 0.1) is 5.82 Å². The Morgan fingerprint density at radius 1 is 0.975 bits per heavy atom. The van der Waals surface area contributed by atoms with E-state index in [1.807, 2.05) is 30.3 Å². The number of pyridine rings is 3. The van der Waals surface area contributed by atoms with E-state index in [0.29, 0.717) is 46.9 Å². The van der Waals surface area contributed by atoms with Gasteiger partial charge in [0, 0.05) is 66.2 Å². The molecular weight excluding hydrogens is 519 g/mol. The molecule has 3 N–H and O–H groups in total. The van der Waals surface area contributed by atoms with Crippen molar-refractivity contribution in [3.8, 4) is 39.7 Å². The second kappa shape index (κ2) is 9.16. The summed E-state index contributed by atoms with van der Waals surface area (Å²) < 4.78 is 41.3. The van der Waals surface area contributed by atoms with Gasteiger partial charge in [0.2, 0.25) is 0 Å². The van der Waals surface area contributed by atoms with Gasteiger partial charge in [0.25, 0.3) is 5.92 Å². The Bertz CT molecular complexity index is 1880. The van der Waals surface area contributed by atoms with Crippen molar-refractivity contribution in [2.75, 3.05) is 13.1 Å². The van der Waals surface area contributed by atoms with Gasteiger partial charge in [-0.15, -0.1) is 0 Å². The zero-order valence-electron chi connectivity index (χ0n) is 21.0. The summed E-state index contributed by atoms with van der Waals surface area (Å²) in [5.74, 6) is -3.39. The van der Waals surface area contributed by atoms with Gasteiger partial charge in [0.15, 0.2) is 0 Å². The van der Waals surface area contributed by atoms with Crippen LogP contribution in [0.4, 0.5) is 13.2 Å². The third-order valence-corrected chi connectivity index (χ3v) is 7.11. The van der Waals surface area contributed by atoms with E-state index in [-0.39, 0.29) is 18.7 Å². The summed E-state index contributed by atoms with van der Waals surface area (Å²) in [4.78, 5) is 18.7. The Balaban J connectivity index is 1.25. The van der Waals surface area contributed by atoms with Gasteiger partial charge in [0.05, 0.1) is 29.1 Å². The second-order valence-electron chi connectivity index (χ2n) is 10.1. The fraction of sp³-hybridized carbons (Fsp3) is 0.172. The number of rotatable bonds is 5.